The molecule has 1 fully saturated rings. The third-order valence-corrected chi connectivity index (χ3v) is 4.18. The zero-order chi connectivity index (χ0) is 13.5. The SMILES string of the molecule is Cc1ccc(SCCC(=O)NC[C@@H]2CCCO2)cc1. The van der Waals surface area contributed by atoms with E-state index in [4.69, 9.17) is 4.74 Å². The fourth-order valence-corrected chi connectivity index (χ4v) is 2.87. The predicted molar refractivity (Wildman–Crippen MR) is 78.5 cm³/mol. The standard InChI is InChI=1S/C15H21NO2S/c1-12-4-6-14(7-5-12)19-10-8-15(17)16-11-13-3-2-9-18-13/h4-7,13H,2-3,8-11H2,1H3,(H,16,17)/t13-/m0/s1. The Bertz CT molecular complexity index is 399. The highest BCUT2D eigenvalue weighted by molar-refractivity contribution is 7.99. The first-order valence-corrected chi connectivity index (χ1v) is 7.80. The second-order valence-corrected chi connectivity index (χ2v) is 6.02. The van der Waals surface area contributed by atoms with Crippen molar-refractivity contribution in [3.63, 3.8) is 0 Å². The molecule has 0 unspecified atom stereocenters. The lowest BCUT2D eigenvalue weighted by Gasteiger charge is -2.10. The van der Waals surface area contributed by atoms with E-state index in [0.717, 1.165) is 25.2 Å². The summed E-state index contributed by atoms with van der Waals surface area (Å²) in [6.07, 6.45) is 2.97. The minimum Gasteiger partial charge on any atom is -0.376 e. The van der Waals surface area contributed by atoms with Crippen molar-refractivity contribution in [2.75, 3.05) is 18.9 Å². The van der Waals surface area contributed by atoms with Gasteiger partial charge in [-0.25, -0.2) is 0 Å². The van der Waals surface area contributed by atoms with Gasteiger partial charge in [-0.1, -0.05) is 17.7 Å². The Kier molecular flexibility index (Phi) is 5.73. The number of benzene rings is 1. The minimum atomic E-state index is 0.120. The number of carbonyl (C=O) groups is 1. The number of rotatable bonds is 6. The summed E-state index contributed by atoms with van der Waals surface area (Å²) in [4.78, 5) is 12.9. The zero-order valence-corrected chi connectivity index (χ0v) is 12.2. The highest BCUT2D eigenvalue weighted by Gasteiger charge is 2.15. The Morgan fingerprint density at radius 3 is 2.89 bits per heavy atom. The van der Waals surface area contributed by atoms with Crippen LogP contribution in [0, 0.1) is 6.92 Å². The van der Waals surface area contributed by atoms with Gasteiger partial charge in [0.15, 0.2) is 0 Å². The number of hydrogen-bond acceptors (Lipinski definition) is 3. The largest absolute Gasteiger partial charge is 0.376 e. The smallest absolute Gasteiger partial charge is 0.220 e. The van der Waals surface area contributed by atoms with E-state index in [2.05, 4.69) is 36.5 Å². The average molecular weight is 279 g/mol. The van der Waals surface area contributed by atoms with Gasteiger partial charge in [0.1, 0.15) is 0 Å². The maximum absolute atomic E-state index is 11.7. The lowest BCUT2D eigenvalue weighted by atomic mass is 10.2. The van der Waals surface area contributed by atoms with Crippen molar-refractivity contribution in [1.82, 2.24) is 5.32 Å². The Balaban J connectivity index is 1.59. The molecule has 0 aliphatic carbocycles. The van der Waals surface area contributed by atoms with Crippen molar-refractivity contribution >= 4 is 17.7 Å². The number of ether oxygens (including phenoxy) is 1. The van der Waals surface area contributed by atoms with Crippen LogP contribution in [0.1, 0.15) is 24.8 Å². The first kappa shape index (κ1) is 14.4. The molecule has 1 amide bonds. The number of aryl methyl sites for hydroxylation is 1. The molecule has 0 spiro atoms. The molecule has 1 saturated heterocycles. The molecule has 1 aliphatic rings. The summed E-state index contributed by atoms with van der Waals surface area (Å²) in [5.41, 5.74) is 1.26. The first-order chi connectivity index (χ1) is 9.24. The Hall–Kier alpha value is -1.00. The Morgan fingerprint density at radius 2 is 2.21 bits per heavy atom. The molecule has 2 rings (SSSR count). The van der Waals surface area contributed by atoms with Gasteiger partial charge in [0.2, 0.25) is 5.91 Å². The Morgan fingerprint density at radius 1 is 1.42 bits per heavy atom. The molecule has 1 N–H and O–H groups in total. The molecule has 104 valence electrons. The van der Waals surface area contributed by atoms with Crippen LogP contribution in [-0.2, 0) is 9.53 Å². The maximum Gasteiger partial charge on any atom is 0.220 e. The van der Waals surface area contributed by atoms with Gasteiger partial charge in [-0.05, 0) is 31.9 Å². The maximum atomic E-state index is 11.7. The van der Waals surface area contributed by atoms with E-state index in [-0.39, 0.29) is 12.0 Å². The highest BCUT2D eigenvalue weighted by atomic mass is 32.2. The van der Waals surface area contributed by atoms with Gasteiger partial charge in [0.25, 0.3) is 0 Å². The molecule has 1 aromatic carbocycles. The summed E-state index contributed by atoms with van der Waals surface area (Å²) < 4.78 is 5.47. The summed E-state index contributed by atoms with van der Waals surface area (Å²) in [6, 6.07) is 8.40. The van der Waals surface area contributed by atoms with E-state index >= 15 is 0 Å². The van der Waals surface area contributed by atoms with E-state index in [1.165, 1.54) is 10.5 Å². The molecule has 0 bridgehead atoms. The highest BCUT2D eigenvalue weighted by Crippen LogP contribution is 2.19. The van der Waals surface area contributed by atoms with Gasteiger partial charge in [-0.15, -0.1) is 11.8 Å². The third kappa shape index (κ3) is 5.25. The van der Waals surface area contributed by atoms with Crippen LogP contribution in [-0.4, -0.2) is 30.9 Å². The van der Waals surface area contributed by atoms with Crippen molar-refractivity contribution in [3.05, 3.63) is 29.8 Å². The molecule has 1 aliphatic heterocycles. The van der Waals surface area contributed by atoms with E-state index in [0.29, 0.717) is 13.0 Å². The summed E-state index contributed by atoms with van der Waals surface area (Å²) in [5.74, 6) is 0.940. The molecule has 0 saturated carbocycles. The van der Waals surface area contributed by atoms with Crippen LogP contribution in [0.3, 0.4) is 0 Å². The van der Waals surface area contributed by atoms with E-state index in [1.54, 1.807) is 11.8 Å². The fourth-order valence-electron chi connectivity index (χ4n) is 2.02. The topological polar surface area (TPSA) is 38.3 Å². The number of nitrogens with one attached hydrogen (secondary N) is 1. The molecule has 1 aromatic rings. The molecule has 4 heteroatoms. The molecule has 0 aromatic heterocycles. The third-order valence-electron chi connectivity index (χ3n) is 3.17. The molecular formula is C15H21NO2S. The first-order valence-electron chi connectivity index (χ1n) is 6.82. The molecule has 3 nitrogen and oxygen atoms in total. The second kappa shape index (κ2) is 7.56. The molecular weight excluding hydrogens is 258 g/mol. The number of thioether (sulfide) groups is 1. The van der Waals surface area contributed by atoms with Crippen molar-refractivity contribution in [2.24, 2.45) is 0 Å². The average Bonchev–Trinajstić information content (AvgIpc) is 2.92. The van der Waals surface area contributed by atoms with Gasteiger partial charge in [-0.3, -0.25) is 4.79 Å². The second-order valence-electron chi connectivity index (χ2n) is 4.85. The summed E-state index contributed by atoms with van der Waals surface area (Å²) in [5, 5.41) is 2.94. The van der Waals surface area contributed by atoms with Crippen LogP contribution in [0.4, 0.5) is 0 Å². The van der Waals surface area contributed by atoms with Crippen LogP contribution in [0.5, 0.6) is 0 Å². The quantitative estimate of drug-likeness (QED) is 0.814. The van der Waals surface area contributed by atoms with Crippen molar-refractivity contribution in [2.45, 2.75) is 37.2 Å². The van der Waals surface area contributed by atoms with Crippen LogP contribution in [0.25, 0.3) is 0 Å². The van der Waals surface area contributed by atoms with E-state index < -0.39 is 0 Å². The van der Waals surface area contributed by atoms with E-state index in [1.807, 2.05) is 0 Å². The zero-order valence-electron chi connectivity index (χ0n) is 11.4. The molecule has 19 heavy (non-hydrogen) atoms. The Labute approximate surface area is 119 Å². The van der Waals surface area contributed by atoms with Crippen molar-refractivity contribution < 1.29 is 9.53 Å². The molecule has 1 atom stereocenters. The molecule has 0 radical (unpaired) electrons. The normalized spacial score (nSPS) is 18.5. The summed E-state index contributed by atoms with van der Waals surface area (Å²) in [7, 11) is 0. The van der Waals surface area contributed by atoms with Crippen molar-refractivity contribution in [1.29, 1.82) is 0 Å². The van der Waals surface area contributed by atoms with Crippen LogP contribution in [0.2, 0.25) is 0 Å². The summed E-state index contributed by atoms with van der Waals surface area (Å²) in [6.45, 7) is 3.57. The van der Waals surface area contributed by atoms with Gasteiger partial charge < -0.3 is 10.1 Å². The predicted octanol–water partition coefficient (Wildman–Crippen LogP) is 2.77. The van der Waals surface area contributed by atoms with Crippen molar-refractivity contribution in [3.8, 4) is 0 Å². The molecule has 1 heterocycles. The van der Waals surface area contributed by atoms with Gasteiger partial charge in [0.05, 0.1) is 6.10 Å². The monoisotopic (exact) mass is 279 g/mol. The van der Waals surface area contributed by atoms with Crippen LogP contribution < -0.4 is 5.32 Å². The summed E-state index contributed by atoms with van der Waals surface area (Å²) >= 11 is 1.72. The lowest BCUT2D eigenvalue weighted by molar-refractivity contribution is -0.121. The van der Waals surface area contributed by atoms with E-state index in [9.17, 15) is 4.79 Å². The van der Waals surface area contributed by atoms with Crippen LogP contribution >= 0.6 is 11.8 Å². The fraction of sp³-hybridized carbons (Fsp3) is 0.533. The lowest BCUT2D eigenvalue weighted by Crippen LogP contribution is -2.31. The number of hydrogen-bond donors (Lipinski definition) is 1. The number of carbonyl (C=O) groups excluding carboxylic acids is 1. The van der Waals surface area contributed by atoms with Gasteiger partial charge in [0, 0.05) is 30.2 Å². The van der Waals surface area contributed by atoms with Gasteiger partial charge >= 0.3 is 0 Å². The minimum absolute atomic E-state index is 0.120. The number of amides is 1. The van der Waals surface area contributed by atoms with Crippen LogP contribution in [0.15, 0.2) is 29.2 Å². The van der Waals surface area contributed by atoms with Gasteiger partial charge in [-0.2, -0.15) is 0 Å².